The van der Waals surface area contributed by atoms with Gasteiger partial charge in [-0.3, -0.25) is 9.69 Å². The molecule has 2 heterocycles. The van der Waals surface area contributed by atoms with Crippen molar-refractivity contribution < 1.29 is 9.53 Å². The van der Waals surface area contributed by atoms with Crippen LogP contribution in [0.2, 0.25) is 0 Å². The summed E-state index contributed by atoms with van der Waals surface area (Å²) in [6.45, 7) is 6.62. The Bertz CT molecular complexity index is 832. The number of nitrogens with one attached hydrogen (secondary N) is 1. The van der Waals surface area contributed by atoms with Gasteiger partial charge < -0.3 is 15.0 Å². The number of rotatable bonds is 10. The molecule has 0 spiro atoms. The fourth-order valence-electron chi connectivity index (χ4n) is 4.48. The number of carbonyl (C=O) groups excluding carboxylic acids is 1. The van der Waals surface area contributed by atoms with Gasteiger partial charge in [-0.1, -0.05) is 37.5 Å². The molecule has 2 aromatic rings. The Morgan fingerprint density at radius 3 is 2.45 bits per heavy atom. The molecule has 2 aromatic carbocycles. The summed E-state index contributed by atoms with van der Waals surface area (Å²) in [4.78, 5) is 16.5. The number of benzene rings is 2. The van der Waals surface area contributed by atoms with Crippen LogP contribution in [0.1, 0.15) is 44.1 Å². The number of amides is 1. The number of hydrogen-bond acceptors (Lipinski definition) is 4. The van der Waals surface area contributed by atoms with Gasteiger partial charge in [0.15, 0.2) is 0 Å². The first-order valence-electron chi connectivity index (χ1n) is 11.9. The van der Waals surface area contributed by atoms with Crippen LogP contribution >= 0.6 is 0 Å². The number of carbonyl (C=O) groups is 1. The molecular formula is C26H35N3O2. The maximum atomic E-state index is 11.4. The SMILES string of the molecule is O=C1CCc2cc(OCCCCCCCN3CCN(c4ccccc4)CC3)ccc2N1. The minimum atomic E-state index is 0.107. The van der Waals surface area contributed by atoms with Crippen molar-refractivity contribution in [1.82, 2.24) is 4.90 Å². The lowest BCUT2D eigenvalue weighted by Gasteiger charge is -2.36. The van der Waals surface area contributed by atoms with Crippen LogP contribution in [-0.2, 0) is 11.2 Å². The number of fused-ring (bicyclic) bond motifs is 1. The molecule has 0 aromatic heterocycles. The average molecular weight is 422 g/mol. The molecular weight excluding hydrogens is 386 g/mol. The minimum absolute atomic E-state index is 0.107. The molecule has 0 radical (unpaired) electrons. The summed E-state index contributed by atoms with van der Waals surface area (Å²) in [5.74, 6) is 1.03. The molecule has 1 saturated heterocycles. The van der Waals surface area contributed by atoms with Gasteiger partial charge in [0.2, 0.25) is 5.91 Å². The summed E-state index contributed by atoms with van der Waals surface area (Å²) in [7, 11) is 0. The number of nitrogens with zero attached hydrogens (tertiary/aromatic N) is 2. The third-order valence-corrected chi connectivity index (χ3v) is 6.35. The highest BCUT2D eigenvalue weighted by Gasteiger charge is 2.16. The van der Waals surface area contributed by atoms with E-state index in [0.717, 1.165) is 44.0 Å². The molecule has 5 heteroatoms. The van der Waals surface area contributed by atoms with Crippen LogP contribution in [0.4, 0.5) is 11.4 Å². The molecule has 0 aliphatic carbocycles. The van der Waals surface area contributed by atoms with Gasteiger partial charge in [0.25, 0.3) is 0 Å². The van der Waals surface area contributed by atoms with Gasteiger partial charge in [0.1, 0.15) is 5.75 Å². The van der Waals surface area contributed by atoms with Crippen LogP contribution < -0.4 is 15.0 Å². The number of aryl methyl sites for hydroxylation is 1. The van der Waals surface area contributed by atoms with E-state index in [9.17, 15) is 4.79 Å². The summed E-state index contributed by atoms with van der Waals surface area (Å²) in [5, 5.41) is 2.92. The third-order valence-electron chi connectivity index (χ3n) is 6.35. The van der Waals surface area contributed by atoms with E-state index in [2.05, 4.69) is 51.5 Å². The van der Waals surface area contributed by atoms with E-state index < -0.39 is 0 Å². The molecule has 2 aliphatic heterocycles. The fraction of sp³-hybridized carbons (Fsp3) is 0.500. The van der Waals surface area contributed by atoms with Gasteiger partial charge in [-0.2, -0.15) is 0 Å². The van der Waals surface area contributed by atoms with Crippen molar-refractivity contribution in [2.45, 2.75) is 44.9 Å². The Morgan fingerprint density at radius 1 is 0.839 bits per heavy atom. The molecule has 1 fully saturated rings. The molecule has 0 bridgehead atoms. The van der Waals surface area contributed by atoms with Crippen molar-refractivity contribution in [2.75, 3.05) is 49.5 Å². The summed E-state index contributed by atoms with van der Waals surface area (Å²) in [5.41, 5.74) is 3.47. The van der Waals surface area contributed by atoms with E-state index in [1.807, 2.05) is 12.1 Å². The zero-order chi connectivity index (χ0) is 21.3. The van der Waals surface area contributed by atoms with Gasteiger partial charge in [0, 0.05) is 44.0 Å². The second kappa shape index (κ2) is 11.2. The highest BCUT2D eigenvalue weighted by atomic mass is 16.5. The van der Waals surface area contributed by atoms with Crippen LogP contribution in [0.3, 0.4) is 0 Å². The largest absolute Gasteiger partial charge is 0.494 e. The first-order chi connectivity index (χ1) is 15.3. The van der Waals surface area contributed by atoms with Gasteiger partial charge in [-0.05, 0) is 61.7 Å². The van der Waals surface area contributed by atoms with Crippen LogP contribution in [0.15, 0.2) is 48.5 Å². The number of anilines is 2. The second-order valence-corrected chi connectivity index (χ2v) is 8.65. The molecule has 2 aliphatic rings. The predicted octanol–water partition coefficient (Wildman–Crippen LogP) is 4.72. The highest BCUT2D eigenvalue weighted by molar-refractivity contribution is 5.93. The lowest BCUT2D eigenvalue weighted by Crippen LogP contribution is -2.46. The van der Waals surface area contributed by atoms with Crippen molar-refractivity contribution >= 4 is 17.3 Å². The normalized spacial score (nSPS) is 16.6. The molecule has 1 N–H and O–H groups in total. The lowest BCUT2D eigenvalue weighted by molar-refractivity contribution is -0.116. The van der Waals surface area contributed by atoms with Crippen LogP contribution in [0, 0.1) is 0 Å². The summed E-state index contributed by atoms with van der Waals surface area (Å²) in [6, 6.07) is 16.8. The zero-order valence-corrected chi connectivity index (χ0v) is 18.5. The molecule has 166 valence electrons. The number of para-hydroxylation sites is 1. The van der Waals surface area contributed by atoms with E-state index >= 15 is 0 Å². The molecule has 0 unspecified atom stereocenters. The minimum Gasteiger partial charge on any atom is -0.494 e. The van der Waals surface area contributed by atoms with Crippen LogP contribution in [-0.4, -0.2) is 50.1 Å². The fourth-order valence-corrected chi connectivity index (χ4v) is 4.48. The number of piperazine rings is 1. The Kier molecular flexibility index (Phi) is 7.83. The number of hydrogen-bond donors (Lipinski definition) is 1. The average Bonchev–Trinajstić information content (AvgIpc) is 2.82. The summed E-state index contributed by atoms with van der Waals surface area (Å²) < 4.78 is 5.92. The van der Waals surface area contributed by atoms with E-state index in [4.69, 9.17) is 4.74 Å². The zero-order valence-electron chi connectivity index (χ0n) is 18.5. The number of ether oxygens (including phenoxy) is 1. The van der Waals surface area contributed by atoms with Gasteiger partial charge in [0.05, 0.1) is 6.61 Å². The predicted molar refractivity (Wildman–Crippen MR) is 127 cm³/mol. The Balaban J connectivity index is 1.03. The third kappa shape index (κ3) is 6.47. The van der Waals surface area contributed by atoms with Crippen molar-refractivity contribution in [3.8, 4) is 5.75 Å². The van der Waals surface area contributed by atoms with Crippen LogP contribution in [0.25, 0.3) is 0 Å². The Labute approximate surface area is 186 Å². The molecule has 0 saturated carbocycles. The molecule has 31 heavy (non-hydrogen) atoms. The molecule has 1 amide bonds. The lowest BCUT2D eigenvalue weighted by atomic mass is 10.0. The van der Waals surface area contributed by atoms with Gasteiger partial charge >= 0.3 is 0 Å². The second-order valence-electron chi connectivity index (χ2n) is 8.65. The van der Waals surface area contributed by atoms with Gasteiger partial charge in [-0.15, -0.1) is 0 Å². The van der Waals surface area contributed by atoms with Crippen molar-refractivity contribution in [3.05, 3.63) is 54.1 Å². The smallest absolute Gasteiger partial charge is 0.224 e. The van der Waals surface area contributed by atoms with Crippen LogP contribution in [0.5, 0.6) is 5.75 Å². The summed E-state index contributed by atoms with van der Waals surface area (Å²) in [6.07, 6.45) is 7.58. The number of unbranched alkanes of at least 4 members (excludes halogenated alkanes) is 4. The Hall–Kier alpha value is -2.53. The van der Waals surface area contributed by atoms with Gasteiger partial charge in [-0.25, -0.2) is 0 Å². The summed E-state index contributed by atoms with van der Waals surface area (Å²) >= 11 is 0. The maximum Gasteiger partial charge on any atom is 0.224 e. The topological polar surface area (TPSA) is 44.8 Å². The van der Waals surface area contributed by atoms with E-state index in [0.29, 0.717) is 6.42 Å². The standard InChI is InChI=1S/C26H35N3O2/c30-26-14-11-22-21-24(12-13-25(22)27-26)31-20-8-3-1-2-7-15-28-16-18-29(19-17-28)23-9-5-4-6-10-23/h4-6,9-10,12-13,21H,1-3,7-8,11,14-20H2,(H,27,30). The Morgan fingerprint density at radius 2 is 1.61 bits per heavy atom. The van der Waals surface area contributed by atoms with E-state index in [-0.39, 0.29) is 5.91 Å². The van der Waals surface area contributed by atoms with E-state index in [1.165, 1.54) is 56.6 Å². The maximum absolute atomic E-state index is 11.4. The highest BCUT2D eigenvalue weighted by Crippen LogP contribution is 2.27. The molecule has 0 atom stereocenters. The molecule has 4 rings (SSSR count). The molecule has 5 nitrogen and oxygen atoms in total. The monoisotopic (exact) mass is 421 g/mol. The quantitative estimate of drug-likeness (QED) is 0.564. The van der Waals surface area contributed by atoms with Crippen molar-refractivity contribution in [3.63, 3.8) is 0 Å². The van der Waals surface area contributed by atoms with Crippen molar-refractivity contribution in [1.29, 1.82) is 0 Å². The van der Waals surface area contributed by atoms with E-state index in [1.54, 1.807) is 0 Å². The first kappa shape index (κ1) is 21.7. The van der Waals surface area contributed by atoms with Crippen molar-refractivity contribution in [2.24, 2.45) is 0 Å². The first-order valence-corrected chi connectivity index (χ1v) is 11.9.